The van der Waals surface area contributed by atoms with Crippen molar-refractivity contribution in [2.24, 2.45) is 0 Å². The zero-order chi connectivity index (χ0) is 20.8. The van der Waals surface area contributed by atoms with Gasteiger partial charge in [-0.3, -0.25) is 4.79 Å². The van der Waals surface area contributed by atoms with E-state index < -0.39 is 10.0 Å². The van der Waals surface area contributed by atoms with Crippen LogP contribution in [0.1, 0.15) is 62.0 Å². The maximum atomic E-state index is 12.5. The Morgan fingerprint density at radius 3 is 2.11 bits per heavy atom. The highest BCUT2D eigenvalue weighted by atomic mass is 32.2. The molecule has 0 bridgehead atoms. The van der Waals surface area contributed by atoms with Crippen LogP contribution in [-0.4, -0.2) is 20.9 Å². The molecule has 6 heteroatoms. The lowest BCUT2D eigenvalue weighted by Gasteiger charge is -2.19. The Morgan fingerprint density at radius 1 is 0.964 bits per heavy atom. The minimum atomic E-state index is -3.59. The summed E-state index contributed by atoms with van der Waals surface area (Å²) in [5.74, 6) is -0.112. The van der Waals surface area contributed by atoms with E-state index in [2.05, 4.69) is 37.7 Å². The number of sulfonamides is 1. The first kappa shape index (κ1) is 22.1. The molecule has 0 aromatic heterocycles. The molecule has 1 amide bonds. The maximum absolute atomic E-state index is 12.5. The summed E-state index contributed by atoms with van der Waals surface area (Å²) >= 11 is 0. The number of rotatable bonds is 8. The maximum Gasteiger partial charge on any atom is 0.251 e. The fourth-order valence-electron chi connectivity index (χ4n) is 2.65. The Bertz CT molecular complexity index is 881. The van der Waals surface area contributed by atoms with Crippen LogP contribution >= 0.6 is 0 Å². The molecule has 0 spiro atoms. The van der Waals surface area contributed by atoms with E-state index in [9.17, 15) is 13.2 Å². The van der Waals surface area contributed by atoms with E-state index in [0.717, 1.165) is 24.0 Å². The summed E-state index contributed by atoms with van der Waals surface area (Å²) in [5.41, 5.74) is 2.42. The minimum absolute atomic E-state index is 0.0275. The smallest absolute Gasteiger partial charge is 0.251 e. The van der Waals surface area contributed by atoms with Crippen LogP contribution in [0.2, 0.25) is 0 Å². The predicted molar refractivity (Wildman–Crippen MR) is 113 cm³/mol. The zero-order valence-corrected chi connectivity index (χ0v) is 17.9. The van der Waals surface area contributed by atoms with Crippen molar-refractivity contribution in [1.29, 1.82) is 0 Å². The van der Waals surface area contributed by atoms with E-state index in [1.165, 1.54) is 0 Å². The number of unbranched alkanes of at least 4 members (excludes halogenated alkanes) is 1. The van der Waals surface area contributed by atoms with Crippen molar-refractivity contribution in [3.63, 3.8) is 0 Å². The third-order valence-electron chi connectivity index (χ3n) is 4.53. The Balaban J connectivity index is 1.98. The van der Waals surface area contributed by atoms with E-state index in [1.807, 2.05) is 12.1 Å². The summed E-state index contributed by atoms with van der Waals surface area (Å²) in [6, 6.07) is 13.9. The van der Waals surface area contributed by atoms with Gasteiger partial charge in [0.25, 0.3) is 5.91 Å². The first-order valence-electron chi connectivity index (χ1n) is 9.61. The van der Waals surface area contributed by atoms with Gasteiger partial charge in [-0.05, 0) is 47.2 Å². The molecule has 0 aliphatic carbocycles. The molecule has 0 unspecified atom stereocenters. The molecular weight excluding hydrogens is 372 g/mol. The van der Waals surface area contributed by atoms with Crippen molar-refractivity contribution in [3.8, 4) is 0 Å². The summed E-state index contributed by atoms with van der Waals surface area (Å²) in [4.78, 5) is 12.3. The monoisotopic (exact) mass is 402 g/mol. The van der Waals surface area contributed by atoms with Gasteiger partial charge in [-0.25, -0.2) is 13.1 Å². The summed E-state index contributed by atoms with van der Waals surface area (Å²) < 4.78 is 27.6. The molecule has 0 saturated carbocycles. The number of hydrogen-bond acceptors (Lipinski definition) is 3. The van der Waals surface area contributed by atoms with Gasteiger partial charge in [0.15, 0.2) is 0 Å². The second-order valence-electron chi connectivity index (χ2n) is 7.91. The summed E-state index contributed by atoms with van der Waals surface area (Å²) in [6.07, 6.45) is 1.97. The predicted octanol–water partition coefficient (Wildman–Crippen LogP) is 3.99. The Hall–Kier alpha value is -2.18. The van der Waals surface area contributed by atoms with Gasteiger partial charge in [-0.2, -0.15) is 0 Å². The Labute approximate surface area is 168 Å². The highest BCUT2D eigenvalue weighted by Crippen LogP contribution is 2.23. The van der Waals surface area contributed by atoms with Gasteiger partial charge in [-0.15, -0.1) is 0 Å². The average molecular weight is 403 g/mol. The van der Waals surface area contributed by atoms with E-state index in [-0.39, 0.29) is 22.8 Å². The lowest BCUT2D eigenvalue weighted by Crippen LogP contribution is -2.25. The van der Waals surface area contributed by atoms with E-state index in [4.69, 9.17) is 0 Å². The second kappa shape index (κ2) is 9.34. The van der Waals surface area contributed by atoms with Crippen LogP contribution in [0.15, 0.2) is 53.4 Å². The van der Waals surface area contributed by atoms with E-state index in [1.54, 1.807) is 36.4 Å². The van der Waals surface area contributed by atoms with Crippen LogP contribution in [0.4, 0.5) is 0 Å². The van der Waals surface area contributed by atoms with Crippen molar-refractivity contribution < 1.29 is 13.2 Å². The quantitative estimate of drug-likeness (QED) is 0.656. The number of carbonyl (C=O) groups is 1. The average Bonchev–Trinajstić information content (AvgIpc) is 2.66. The lowest BCUT2D eigenvalue weighted by molar-refractivity contribution is 0.0953. The molecular formula is C22H30N2O3S. The number of benzene rings is 2. The first-order valence-corrected chi connectivity index (χ1v) is 11.1. The Morgan fingerprint density at radius 2 is 1.57 bits per heavy atom. The van der Waals surface area contributed by atoms with Gasteiger partial charge >= 0.3 is 0 Å². The van der Waals surface area contributed by atoms with Gasteiger partial charge in [0.1, 0.15) is 0 Å². The fourth-order valence-corrected chi connectivity index (χ4v) is 3.67. The van der Waals surface area contributed by atoms with Crippen LogP contribution < -0.4 is 10.0 Å². The molecule has 0 aliphatic rings. The molecule has 0 saturated heterocycles. The normalized spacial score (nSPS) is 12.0. The van der Waals surface area contributed by atoms with E-state index in [0.29, 0.717) is 12.1 Å². The largest absolute Gasteiger partial charge is 0.352 e. The van der Waals surface area contributed by atoms with Crippen molar-refractivity contribution >= 4 is 15.9 Å². The molecule has 0 atom stereocenters. The molecule has 0 heterocycles. The first-order chi connectivity index (χ1) is 13.1. The SMILES string of the molecule is CCCCNC(=O)c1ccc(CNS(=O)(=O)c2ccc(C(C)(C)C)cc2)cc1. The third-order valence-corrected chi connectivity index (χ3v) is 5.95. The molecule has 2 aromatic rings. The van der Waals surface area contributed by atoms with Crippen LogP contribution in [0.3, 0.4) is 0 Å². The molecule has 0 aliphatic heterocycles. The van der Waals surface area contributed by atoms with Crippen LogP contribution in [0.25, 0.3) is 0 Å². The third kappa shape index (κ3) is 6.17. The van der Waals surface area contributed by atoms with Crippen molar-refractivity contribution in [2.45, 2.75) is 57.4 Å². The van der Waals surface area contributed by atoms with Crippen molar-refractivity contribution in [3.05, 3.63) is 65.2 Å². The highest BCUT2D eigenvalue weighted by Gasteiger charge is 2.17. The van der Waals surface area contributed by atoms with Gasteiger partial charge in [-0.1, -0.05) is 58.4 Å². The van der Waals surface area contributed by atoms with Gasteiger partial charge in [0, 0.05) is 18.7 Å². The summed E-state index contributed by atoms with van der Waals surface area (Å²) in [6.45, 7) is 9.15. The summed E-state index contributed by atoms with van der Waals surface area (Å²) in [7, 11) is -3.59. The molecule has 2 rings (SSSR count). The van der Waals surface area contributed by atoms with Crippen molar-refractivity contribution in [1.82, 2.24) is 10.0 Å². The number of hydrogen-bond donors (Lipinski definition) is 2. The lowest BCUT2D eigenvalue weighted by atomic mass is 9.87. The highest BCUT2D eigenvalue weighted by molar-refractivity contribution is 7.89. The Kier molecular flexibility index (Phi) is 7.38. The van der Waals surface area contributed by atoms with E-state index >= 15 is 0 Å². The summed E-state index contributed by atoms with van der Waals surface area (Å²) in [5, 5.41) is 2.86. The zero-order valence-electron chi connectivity index (χ0n) is 17.1. The number of nitrogens with one attached hydrogen (secondary N) is 2. The van der Waals surface area contributed by atoms with Crippen LogP contribution in [0.5, 0.6) is 0 Å². The van der Waals surface area contributed by atoms with Crippen LogP contribution in [-0.2, 0) is 22.0 Å². The fraction of sp³-hybridized carbons (Fsp3) is 0.409. The van der Waals surface area contributed by atoms with Crippen LogP contribution in [0, 0.1) is 0 Å². The van der Waals surface area contributed by atoms with Gasteiger partial charge in [0.05, 0.1) is 4.90 Å². The van der Waals surface area contributed by atoms with Crippen molar-refractivity contribution in [2.75, 3.05) is 6.54 Å². The standard InChI is InChI=1S/C22H30N2O3S/c1-5-6-15-23-21(25)18-9-7-17(8-10-18)16-24-28(26,27)20-13-11-19(12-14-20)22(2,3)4/h7-14,24H,5-6,15-16H2,1-4H3,(H,23,25). The molecule has 2 N–H and O–H groups in total. The number of carbonyl (C=O) groups excluding carboxylic acids is 1. The minimum Gasteiger partial charge on any atom is -0.352 e. The van der Waals surface area contributed by atoms with Gasteiger partial charge in [0.2, 0.25) is 10.0 Å². The molecule has 0 fully saturated rings. The molecule has 0 radical (unpaired) electrons. The van der Waals surface area contributed by atoms with Gasteiger partial charge < -0.3 is 5.32 Å². The molecule has 152 valence electrons. The molecule has 2 aromatic carbocycles. The topological polar surface area (TPSA) is 75.3 Å². The molecule has 28 heavy (non-hydrogen) atoms. The number of amides is 1. The second-order valence-corrected chi connectivity index (χ2v) is 9.67. The molecule has 5 nitrogen and oxygen atoms in total.